The predicted molar refractivity (Wildman–Crippen MR) is 86.1 cm³/mol. The molecule has 0 bridgehead atoms. The van der Waals surface area contributed by atoms with E-state index < -0.39 is 0 Å². The van der Waals surface area contributed by atoms with Crippen LogP contribution in [0.25, 0.3) is 11.4 Å². The summed E-state index contributed by atoms with van der Waals surface area (Å²) >= 11 is 12.2. The van der Waals surface area contributed by atoms with Crippen LogP contribution in [0, 0.1) is 0 Å². The Kier molecular flexibility index (Phi) is 4.06. The highest BCUT2D eigenvalue weighted by Gasteiger charge is 2.24. The first-order valence-corrected chi connectivity index (χ1v) is 7.67. The van der Waals surface area contributed by atoms with E-state index in [0.29, 0.717) is 33.9 Å². The SMILES string of the molecule is CC1CN(c2n[nH]c(-c3cc(Cl)ccc3Cl)n2)CC(C)N1. The van der Waals surface area contributed by atoms with Crippen molar-refractivity contribution in [3.05, 3.63) is 28.2 Å². The number of piperazine rings is 1. The number of rotatable bonds is 2. The van der Waals surface area contributed by atoms with E-state index in [1.54, 1.807) is 18.2 Å². The molecule has 2 heterocycles. The van der Waals surface area contributed by atoms with Crippen LogP contribution in [-0.2, 0) is 0 Å². The molecule has 1 saturated heterocycles. The molecule has 2 atom stereocenters. The monoisotopic (exact) mass is 325 g/mol. The molecule has 1 aromatic heterocycles. The van der Waals surface area contributed by atoms with Crippen LogP contribution < -0.4 is 10.2 Å². The van der Waals surface area contributed by atoms with E-state index in [1.807, 2.05) is 0 Å². The summed E-state index contributed by atoms with van der Waals surface area (Å²) in [7, 11) is 0. The van der Waals surface area contributed by atoms with Crippen molar-refractivity contribution >= 4 is 29.2 Å². The van der Waals surface area contributed by atoms with Crippen LogP contribution in [0.15, 0.2) is 18.2 Å². The standard InChI is InChI=1S/C14H17Cl2N5/c1-8-6-21(7-9(2)17-8)14-18-13(19-20-14)11-5-10(15)3-4-12(11)16/h3-5,8-9,17H,6-7H2,1-2H3,(H,18,19,20). The van der Waals surface area contributed by atoms with Gasteiger partial charge in [0.1, 0.15) is 0 Å². The van der Waals surface area contributed by atoms with Crippen molar-refractivity contribution in [1.82, 2.24) is 20.5 Å². The molecule has 112 valence electrons. The molecule has 0 radical (unpaired) electrons. The Bertz CT molecular complexity index is 632. The van der Waals surface area contributed by atoms with E-state index in [-0.39, 0.29) is 0 Å². The lowest BCUT2D eigenvalue weighted by Crippen LogP contribution is -2.54. The van der Waals surface area contributed by atoms with Crippen LogP contribution in [0.1, 0.15) is 13.8 Å². The molecule has 0 aliphatic carbocycles. The Hall–Kier alpha value is -1.30. The second kappa shape index (κ2) is 5.83. The van der Waals surface area contributed by atoms with Gasteiger partial charge in [0.25, 0.3) is 0 Å². The fraction of sp³-hybridized carbons (Fsp3) is 0.429. The summed E-state index contributed by atoms with van der Waals surface area (Å²) in [5.41, 5.74) is 0.763. The lowest BCUT2D eigenvalue weighted by atomic mass is 10.1. The van der Waals surface area contributed by atoms with Gasteiger partial charge in [-0.2, -0.15) is 4.98 Å². The number of hydrogen-bond donors (Lipinski definition) is 2. The quantitative estimate of drug-likeness (QED) is 0.891. The highest BCUT2D eigenvalue weighted by atomic mass is 35.5. The fourth-order valence-corrected chi connectivity index (χ4v) is 3.06. The summed E-state index contributed by atoms with van der Waals surface area (Å²) in [6, 6.07) is 6.12. The number of nitrogens with zero attached hydrogens (tertiary/aromatic N) is 3. The Balaban J connectivity index is 1.88. The zero-order valence-corrected chi connectivity index (χ0v) is 13.4. The van der Waals surface area contributed by atoms with Crippen molar-refractivity contribution in [2.45, 2.75) is 25.9 Å². The molecule has 1 fully saturated rings. The molecule has 0 spiro atoms. The number of anilines is 1. The summed E-state index contributed by atoms with van der Waals surface area (Å²) in [4.78, 5) is 6.73. The Morgan fingerprint density at radius 1 is 1.19 bits per heavy atom. The van der Waals surface area contributed by atoms with Crippen molar-refractivity contribution in [2.24, 2.45) is 0 Å². The number of H-pyrrole nitrogens is 1. The Morgan fingerprint density at radius 2 is 1.90 bits per heavy atom. The van der Waals surface area contributed by atoms with Crippen molar-refractivity contribution in [3.8, 4) is 11.4 Å². The van der Waals surface area contributed by atoms with E-state index >= 15 is 0 Å². The molecule has 3 rings (SSSR count). The van der Waals surface area contributed by atoms with E-state index in [4.69, 9.17) is 23.2 Å². The molecule has 1 aromatic carbocycles. The third-order valence-corrected chi connectivity index (χ3v) is 4.06. The van der Waals surface area contributed by atoms with Gasteiger partial charge in [0.15, 0.2) is 5.82 Å². The van der Waals surface area contributed by atoms with Crippen LogP contribution in [0.3, 0.4) is 0 Å². The highest BCUT2D eigenvalue weighted by Crippen LogP contribution is 2.29. The molecule has 0 amide bonds. The normalized spacial score (nSPS) is 22.6. The maximum atomic E-state index is 6.20. The van der Waals surface area contributed by atoms with Crippen LogP contribution in [0.4, 0.5) is 5.95 Å². The van der Waals surface area contributed by atoms with E-state index in [0.717, 1.165) is 18.7 Å². The van der Waals surface area contributed by atoms with Gasteiger partial charge in [-0.3, -0.25) is 5.10 Å². The van der Waals surface area contributed by atoms with Crippen LogP contribution in [-0.4, -0.2) is 40.4 Å². The lowest BCUT2D eigenvalue weighted by molar-refractivity contribution is 0.403. The summed E-state index contributed by atoms with van der Waals surface area (Å²) < 4.78 is 0. The topological polar surface area (TPSA) is 56.8 Å². The van der Waals surface area contributed by atoms with Gasteiger partial charge in [-0.05, 0) is 32.0 Å². The first kappa shape index (κ1) is 14.6. The minimum absolute atomic E-state index is 0.408. The van der Waals surface area contributed by atoms with Crippen molar-refractivity contribution < 1.29 is 0 Å². The van der Waals surface area contributed by atoms with Crippen molar-refractivity contribution in [2.75, 3.05) is 18.0 Å². The average molecular weight is 326 g/mol. The molecule has 5 nitrogen and oxygen atoms in total. The van der Waals surface area contributed by atoms with E-state index in [2.05, 4.69) is 39.2 Å². The minimum Gasteiger partial charge on any atom is -0.336 e. The van der Waals surface area contributed by atoms with Gasteiger partial charge < -0.3 is 10.2 Å². The first-order chi connectivity index (χ1) is 10.0. The zero-order chi connectivity index (χ0) is 15.0. The molecule has 1 aliphatic rings. The summed E-state index contributed by atoms with van der Waals surface area (Å²) in [6.45, 7) is 6.07. The average Bonchev–Trinajstić information content (AvgIpc) is 2.90. The van der Waals surface area contributed by atoms with Gasteiger partial charge in [0, 0.05) is 35.8 Å². The smallest absolute Gasteiger partial charge is 0.245 e. The third-order valence-electron chi connectivity index (χ3n) is 3.50. The predicted octanol–water partition coefficient (Wildman–Crippen LogP) is 2.97. The lowest BCUT2D eigenvalue weighted by Gasteiger charge is -2.35. The molecule has 1 aliphatic heterocycles. The summed E-state index contributed by atoms with van der Waals surface area (Å²) in [6.07, 6.45) is 0. The Morgan fingerprint density at radius 3 is 2.62 bits per heavy atom. The molecule has 2 unspecified atom stereocenters. The zero-order valence-electron chi connectivity index (χ0n) is 11.9. The maximum absolute atomic E-state index is 6.20. The van der Waals surface area contributed by atoms with Crippen molar-refractivity contribution in [3.63, 3.8) is 0 Å². The fourth-order valence-electron chi connectivity index (χ4n) is 2.68. The number of aromatic nitrogens is 3. The van der Waals surface area contributed by atoms with Crippen LogP contribution in [0.5, 0.6) is 0 Å². The number of hydrogen-bond acceptors (Lipinski definition) is 4. The van der Waals surface area contributed by atoms with Gasteiger partial charge in [-0.15, -0.1) is 5.10 Å². The number of nitrogens with one attached hydrogen (secondary N) is 2. The summed E-state index contributed by atoms with van der Waals surface area (Å²) in [5.74, 6) is 1.33. The largest absolute Gasteiger partial charge is 0.336 e. The number of benzene rings is 1. The van der Waals surface area contributed by atoms with Crippen molar-refractivity contribution in [1.29, 1.82) is 0 Å². The minimum atomic E-state index is 0.408. The van der Waals surface area contributed by atoms with E-state index in [1.165, 1.54) is 0 Å². The molecule has 2 N–H and O–H groups in total. The molecular weight excluding hydrogens is 309 g/mol. The second-order valence-corrected chi connectivity index (χ2v) is 6.33. The molecule has 0 saturated carbocycles. The van der Waals surface area contributed by atoms with Gasteiger partial charge in [-0.25, -0.2) is 0 Å². The molecule has 2 aromatic rings. The second-order valence-electron chi connectivity index (χ2n) is 5.48. The van der Waals surface area contributed by atoms with Crippen LogP contribution in [0.2, 0.25) is 10.0 Å². The third kappa shape index (κ3) is 3.15. The number of aromatic amines is 1. The molecule has 7 heteroatoms. The van der Waals surface area contributed by atoms with Gasteiger partial charge in [-0.1, -0.05) is 23.2 Å². The number of halogens is 2. The Labute approximate surface area is 133 Å². The molecular formula is C14H17Cl2N5. The maximum Gasteiger partial charge on any atom is 0.245 e. The van der Waals surface area contributed by atoms with Crippen LogP contribution >= 0.6 is 23.2 Å². The highest BCUT2D eigenvalue weighted by molar-refractivity contribution is 6.35. The van der Waals surface area contributed by atoms with Gasteiger partial charge >= 0.3 is 0 Å². The molecule has 21 heavy (non-hydrogen) atoms. The van der Waals surface area contributed by atoms with Gasteiger partial charge in [0.05, 0.1) is 5.02 Å². The van der Waals surface area contributed by atoms with E-state index in [9.17, 15) is 0 Å². The van der Waals surface area contributed by atoms with Gasteiger partial charge in [0.2, 0.25) is 5.95 Å². The first-order valence-electron chi connectivity index (χ1n) is 6.92. The summed E-state index contributed by atoms with van der Waals surface area (Å²) in [5, 5.41) is 12.0.